The summed E-state index contributed by atoms with van der Waals surface area (Å²) in [7, 11) is 0. The van der Waals surface area contributed by atoms with E-state index in [2.05, 4.69) is 56.2 Å². The van der Waals surface area contributed by atoms with Crippen molar-refractivity contribution in [2.75, 3.05) is 0 Å². The first-order valence-corrected chi connectivity index (χ1v) is 6.32. The first kappa shape index (κ1) is 12.8. The molecule has 1 heterocycles. The van der Waals surface area contributed by atoms with Crippen molar-refractivity contribution in [3.05, 3.63) is 41.4 Å². The smallest absolute Gasteiger partial charge is 0.208 e. The number of hydrogen-bond acceptors (Lipinski definition) is 3. The van der Waals surface area contributed by atoms with Crippen molar-refractivity contribution < 1.29 is 4.42 Å². The lowest BCUT2D eigenvalue weighted by Crippen LogP contribution is -2.21. The van der Waals surface area contributed by atoms with Crippen LogP contribution in [0.2, 0.25) is 0 Å². The Morgan fingerprint density at radius 3 is 2.72 bits per heavy atom. The van der Waals surface area contributed by atoms with E-state index in [0.29, 0.717) is 12.6 Å². The normalized spacial score (nSPS) is 11.2. The maximum Gasteiger partial charge on any atom is 0.208 e. The van der Waals surface area contributed by atoms with Gasteiger partial charge in [-0.3, -0.25) is 0 Å². The molecule has 18 heavy (non-hydrogen) atoms. The molecule has 1 aromatic carbocycles. The monoisotopic (exact) mass is 244 g/mol. The molecule has 3 heteroatoms. The highest BCUT2D eigenvalue weighted by atomic mass is 16.4. The van der Waals surface area contributed by atoms with Crippen LogP contribution in [0.4, 0.5) is 0 Å². The molecule has 3 nitrogen and oxygen atoms in total. The Morgan fingerprint density at radius 1 is 1.28 bits per heavy atom. The Morgan fingerprint density at radius 2 is 2.06 bits per heavy atom. The molecule has 0 radical (unpaired) electrons. The topological polar surface area (TPSA) is 38.1 Å². The molecule has 0 saturated carbocycles. The van der Waals surface area contributed by atoms with Gasteiger partial charge in [0, 0.05) is 11.6 Å². The van der Waals surface area contributed by atoms with Crippen LogP contribution in [0.5, 0.6) is 0 Å². The first-order chi connectivity index (χ1) is 8.56. The second kappa shape index (κ2) is 5.36. The predicted octanol–water partition coefficient (Wildman–Crippen LogP) is 3.46. The van der Waals surface area contributed by atoms with E-state index < -0.39 is 0 Å². The lowest BCUT2D eigenvalue weighted by molar-refractivity contribution is 0.459. The Kier molecular flexibility index (Phi) is 3.82. The summed E-state index contributed by atoms with van der Waals surface area (Å²) >= 11 is 0. The minimum Gasteiger partial charge on any atom is -0.439 e. The van der Waals surface area contributed by atoms with Crippen LogP contribution in [-0.4, -0.2) is 11.0 Å². The SMILES string of the molecule is Cc1ccc(-c2cnc(CNC(C)C)o2)c(C)c1. The van der Waals surface area contributed by atoms with Crippen molar-refractivity contribution in [1.82, 2.24) is 10.3 Å². The number of benzene rings is 1. The molecular weight excluding hydrogens is 224 g/mol. The average Bonchev–Trinajstić information content (AvgIpc) is 2.75. The van der Waals surface area contributed by atoms with Crippen LogP contribution in [0.25, 0.3) is 11.3 Å². The van der Waals surface area contributed by atoms with Gasteiger partial charge >= 0.3 is 0 Å². The van der Waals surface area contributed by atoms with Crippen molar-refractivity contribution >= 4 is 0 Å². The zero-order valence-corrected chi connectivity index (χ0v) is 11.4. The third-order valence-corrected chi connectivity index (χ3v) is 2.86. The van der Waals surface area contributed by atoms with Crippen LogP contribution in [0.1, 0.15) is 30.9 Å². The number of aromatic nitrogens is 1. The highest BCUT2D eigenvalue weighted by Crippen LogP contribution is 2.24. The third-order valence-electron chi connectivity index (χ3n) is 2.86. The van der Waals surface area contributed by atoms with Crippen LogP contribution >= 0.6 is 0 Å². The zero-order valence-electron chi connectivity index (χ0n) is 11.4. The zero-order chi connectivity index (χ0) is 13.1. The molecule has 1 aromatic heterocycles. The fraction of sp³-hybridized carbons (Fsp3) is 0.400. The summed E-state index contributed by atoms with van der Waals surface area (Å²) in [5.41, 5.74) is 3.59. The average molecular weight is 244 g/mol. The minimum absolute atomic E-state index is 0.432. The van der Waals surface area contributed by atoms with Crippen LogP contribution in [-0.2, 0) is 6.54 Å². The predicted molar refractivity (Wildman–Crippen MR) is 73.4 cm³/mol. The van der Waals surface area contributed by atoms with E-state index in [1.54, 1.807) is 6.20 Å². The second-order valence-electron chi connectivity index (χ2n) is 4.97. The van der Waals surface area contributed by atoms with E-state index in [9.17, 15) is 0 Å². The van der Waals surface area contributed by atoms with Gasteiger partial charge in [0.25, 0.3) is 0 Å². The quantitative estimate of drug-likeness (QED) is 0.895. The molecule has 96 valence electrons. The molecule has 0 saturated heterocycles. The van der Waals surface area contributed by atoms with Crippen molar-refractivity contribution in [2.24, 2.45) is 0 Å². The molecule has 0 aliphatic carbocycles. The van der Waals surface area contributed by atoms with Crippen molar-refractivity contribution in [3.8, 4) is 11.3 Å². The second-order valence-corrected chi connectivity index (χ2v) is 4.97. The van der Waals surface area contributed by atoms with E-state index in [-0.39, 0.29) is 0 Å². The Balaban J connectivity index is 2.18. The molecule has 2 rings (SSSR count). The molecule has 0 amide bonds. The van der Waals surface area contributed by atoms with Gasteiger partial charge in [-0.15, -0.1) is 0 Å². The lowest BCUT2D eigenvalue weighted by atomic mass is 10.0. The van der Waals surface area contributed by atoms with Crippen LogP contribution in [0.3, 0.4) is 0 Å². The summed E-state index contributed by atoms with van der Waals surface area (Å²) in [5, 5.41) is 3.29. The number of nitrogens with one attached hydrogen (secondary N) is 1. The fourth-order valence-corrected chi connectivity index (χ4v) is 1.90. The molecule has 0 fully saturated rings. The van der Waals surface area contributed by atoms with Gasteiger partial charge in [-0.2, -0.15) is 0 Å². The van der Waals surface area contributed by atoms with Crippen LogP contribution in [0.15, 0.2) is 28.8 Å². The number of rotatable bonds is 4. The molecule has 0 spiro atoms. The standard InChI is InChI=1S/C15H20N2O/c1-10(2)16-9-15-17-8-14(18-15)13-6-5-11(3)7-12(13)4/h5-8,10,16H,9H2,1-4H3. The van der Waals surface area contributed by atoms with Gasteiger partial charge in [0.05, 0.1) is 12.7 Å². The first-order valence-electron chi connectivity index (χ1n) is 6.32. The molecule has 0 aliphatic rings. The van der Waals surface area contributed by atoms with Crippen LogP contribution < -0.4 is 5.32 Å². The third kappa shape index (κ3) is 2.99. The summed E-state index contributed by atoms with van der Waals surface area (Å²) in [6, 6.07) is 6.77. The highest BCUT2D eigenvalue weighted by molar-refractivity contribution is 5.61. The van der Waals surface area contributed by atoms with Gasteiger partial charge in [0.2, 0.25) is 5.89 Å². The number of oxazole rings is 1. The van der Waals surface area contributed by atoms with E-state index in [1.807, 2.05) is 0 Å². The summed E-state index contributed by atoms with van der Waals surface area (Å²) in [4.78, 5) is 4.30. The van der Waals surface area contributed by atoms with Gasteiger partial charge in [0.15, 0.2) is 5.76 Å². The molecule has 0 unspecified atom stereocenters. The summed E-state index contributed by atoms with van der Waals surface area (Å²) in [6.07, 6.45) is 1.80. The van der Waals surface area contributed by atoms with Gasteiger partial charge in [-0.25, -0.2) is 4.98 Å². The van der Waals surface area contributed by atoms with E-state index in [1.165, 1.54) is 11.1 Å². The van der Waals surface area contributed by atoms with E-state index in [4.69, 9.17) is 4.42 Å². The lowest BCUT2D eigenvalue weighted by Gasteiger charge is -2.05. The molecule has 0 atom stereocenters. The van der Waals surface area contributed by atoms with E-state index >= 15 is 0 Å². The maximum atomic E-state index is 5.77. The van der Waals surface area contributed by atoms with Crippen molar-refractivity contribution in [1.29, 1.82) is 0 Å². The Hall–Kier alpha value is -1.61. The highest BCUT2D eigenvalue weighted by Gasteiger charge is 2.09. The van der Waals surface area contributed by atoms with Crippen molar-refractivity contribution in [2.45, 2.75) is 40.3 Å². The largest absolute Gasteiger partial charge is 0.439 e. The van der Waals surface area contributed by atoms with Crippen LogP contribution in [0, 0.1) is 13.8 Å². The maximum absolute atomic E-state index is 5.77. The molecule has 0 aliphatic heterocycles. The Bertz CT molecular complexity index is 529. The molecule has 0 bridgehead atoms. The van der Waals surface area contributed by atoms with Gasteiger partial charge in [0.1, 0.15) is 0 Å². The minimum atomic E-state index is 0.432. The fourth-order valence-electron chi connectivity index (χ4n) is 1.90. The number of nitrogens with zero attached hydrogens (tertiary/aromatic N) is 1. The number of hydrogen-bond donors (Lipinski definition) is 1. The van der Waals surface area contributed by atoms with Gasteiger partial charge in [-0.05, 0) is 19.4 Å². The summed E-state index contributed by atoms with van der Waals surface area (Å²) in [5.74, 6) is 1.58. The molecule has 1 N–H and O–H groups in total. The Labute approximate surface area is 108 Å². The molecular formula is C15H20N2O. The van der Waals surface area contributed by atoms with Crippen molar-refractivity contribution in [3.63, 3.8) is 0 Å². The van der Waals surface area contributed by atoms with E-state index in [0.717, 1.165) is 17.2 Å². The summed E-state index contributed by atoms with van der Waals surface area (Å²) < 4.78 is 5.77. The van der Waals surface area contributed by atoms with Gasteiger partial charge < -0.3 is 9.73 Å². The summed E-state index contributed by atoms with van der Waals surface area (Å²) in [6.45, 7) is 9.07. The van der Waals surface area contributed by atoms with Gasteiger partial charge in [-0.1, -0.05) is 37.6 Å². The number of aryl methyl sites for hydroxylation is 2. The molecule has 2 aromatic rings.